The summed E-state index contributed by atoms with van der Waals surface area (Å²) in [6.07, 6.45) is 8.12. The van der Waals surface area contributed by atoms with Gasteiger partial charge in [0, 0.05) is 48.4 Å². The number of fused-ring (bicyclic) bond motifs is 5. The maximum absolute atomic E-state index is 12.9. The summed E-state index contributed by atoms with van der Waals surface area (Å²) in [4.78, 5) is 27.0. The van der Waals surface area contributed by atoms with Crippen molar-refractivity contribution in [2.24, 2.45) is 28.6 Å². The molecule has 0 aromatic heterocycles. The Morgan fingerprint density at radius 2 is 1.68 bits per heavy atom. The second-order valence-electron chi connectivity index (χ2n) is 12.3. The van der Waals surface area contributed by atoms with Gasteiger partial charge in [-0.25, -0.2) is 4.79 Å². The zero-order valence-corrected chi connectivity index (χ0v) is 24.2. The number of halogens is 2. The van der Waals surface area contributed by atoms with Gasteiger partial charge in [-0.3, -0.25) is 4.79 Å². The van der Waals surface area contributed by atoms with Crippen LogP contribution in [-0.4, -0.2) is 55.5 Å². The monoisotopic (exact) mass is 564 g/mol. The molecule has 5 rings (SSSR count). The Bertz CT molecular complexity index is 1000. The fourth-order valence-electron chi connectivity index (χ4n) is 8.51. The van der Waals surface area contributed by atoms with Gasteiger partial charge in [-0.15, -0.1) is 23.2 Å². The summed E-state index contributed by atoms with van der Waals surface area (Å²) in [6.45, 7) is 6.12. The molecule has 4 fully saturated rings. The number of hydrogen-bond acceptors (Lipinski definition) is 5. The lowest BCUT2D eigenvalue weighted by molar-refractivity contribution is -0.164. The van der Waals surface area contributed by atoms with E-state index in [2.05, 4.69) is 24.1 Å². The van der Waals surface area contributed by atoms with Crippen LogP contribution in [0.2, 0.25) is 0 Å². The minimum atomic E-state index is -0.292. The number of nitrogens with one attached hydrogen (secondary N) is 1. The van der Waals surface area contributed by atoms with Crippen molar-refractivity contribution >= 4 is 40.8 Å². The topological polar surface area (TPSA) is 67.9 Å². The van der Waals surface area contributed by atoms with E-state index in [0.29, 0.717) is 47.7 Å². The molecule has 1 aliphatic heterocycles. The third-order valence-corrected chi connectivity index (χ3v) is 10.9. The zero-order chi connectivity index (χ0) is 26.9. The quantitative estimate of drug-likeness (QED) is 0.304. The lowest BCUT2D eigenvalue weighted by atomic mass is 9.47. The molecule has 1 N–H and O–H groups in total. The molecule has 3 aliphatic carbocycles. The number of hydrogen-bond donors (Lipinski definition) is 1. The Hall–Kier alpha value is -1.66. The molecule has 1 aromatic rings. The van der Waals surface area contributed by atoms with E-state index in [4.69, 9.17) is 32.7 Å². The normalized spacial score (nSPS) is 35.9. The number of alkyl halides is 2. The SMILES string of the molecule is C[C@]12CCC(=O)N[C@@H]1CC[C@@H]1[C@@H]2CC[C@]2(C)[C@@H](OC(=O)COc3ccc(N(CCCl)CCCl)cc3)CC[C@@H]12. The minimum absolute atomic E-state index is 0.0217. The molecule has 1 aromatic carbocycles. The second kappa shape index (κ2) is 11.4. The Balaban J connectivity index is 1.16. The number of anilines is 1. The maximum Gasteiger partial charge on any atom is 0.344 e. The van der Waals surface area contributed by atoms with Crippen molar-refractivity contribution < 1.29 is 19.1 Å². The number of carbonyl (C=O) groups excluding carboxylic acids is 2. The molecule has 0 spiro atoms. The Morgan fingerprint density at radius 1 is 0.974 bits per heavy atom. The van der Waals surface area contributed by atoms with E-state index < -0.39 is 0 Å². The largest absolute Gasteiger partial charge is 0.482 e. The molecule has 38 heavy (non-hydrogen) atoms. The molecule has 0 bridgehead atoms. The van der Waals surface area contributed by atoms with Crippen molar-refractivity contribution in [1.82, 2.24) is 5.32 Å². The number of rotatable bonds is 9. The molecule has 4 aliphatic rings. The van der Waals surface area contributed by atoms with Crippen molar-refractivity contribution in [3.63, 3.8) is 0 Å². The van der Waals surface area contributed by atoms with Crippen LogP contribution in [0.1, 0.15) is 65.2 Å². The van der Waals surface area contributed by atoms with Crippen LogP contribution in [-0.2, 0) is 14.3 Å². The molecule has 1 heterocycles. The summed E-state index contributed by atoms with van der Waals surface area (Å²) < 4.78 is 11.9. The third kappa shape index (κ3) is 5.24. The van der Waals surface area contributed by atoms with E-state index in [1.54, 1.807) is 0 Å². The van der Waals surface area contributed by atoms with Crippen molar-refractivity contribution in [2.45, 2.75) is 77.4 Å². The van der Waals surface area contributed by atoms with Gasteiger partial charge in [0.2, 0.25) is 5.91 Å². The van der Waals surface area contributed by atoms with Crippen LogP contribution >= 0.6 is 23.2 Å². The summed E-state index contributed by atoms with van der Waals surface area (Å²) in [5, 5.41) is 3.31. The smallest absolute Gasteiger partial charge is 0.344 e. The van der Waals surface area contributed by atoms with Crippen LogP contribution < -0.4 is 15.0 Å². The van der Waals surface area contributed by atoms with Crippen LogP contribution in [0.5, 0.6) is 5.75 Å². The third-order valence-electron chi connectivity index (χ3n) is 10.5. The first-order chi connectivity index (χ1) is 18.3. The second-order valence-corrected chi connectivity index (χ2v) is 13.1. The first kappa shape index (κ1) is 27.9. The first-order valence-electron chi connectivity index (χ1n) is 14.4. The van der Waals surface area contributed by atoms with Gasteiger partial charge >= 0.3 is 5.97 Å². The maximum atomic E-state index is 12.9. The number of benzene rings is 1. The number of ether oxygens (including phenoxy) is 2. The molecule has 210 valence electrons. The van der Waals surface area contributed by atoms with E-state index in [9.17, 15) is 9.59 Å². The molecular weight excluding hydrogens is 523 g/mol. The summed E-state index contributed by atoms with van der Waals surface area (Å²) >= 11 is 11.8. The summed E-state index contributed by atoms with van der Waals surface area (Å²) in [5.74, 6) is 3.50. The van der Waals surface area contributed by atoms with Crippen LogP contribution in [0.25, 0.3) is 0 Å². The van der Waals surface area contributed by atoms with Crippen molar-refractivity contribution in [1.29, 1.82) is 0 Å². The van der Waals surface area contributed by atoms with Crippen molar-refractivity contribution in [2.75, 3.05) is 36.4 Å². The number of carbonyl (C=O) groups is 2. The molecule has 0 radical (unpaired) electrons. The van der Waals surface area contributed by atoms with Crippen LogP contribution in [0.15, 0.2) is 24.3 Å². The summed E-state index contributed by atoms with van der Waals surface area (Å²) in [5.41, 5.74) is 1.25. The van der Waals surface area contributed by atoms with E-state index in [1.165, 1.54) is 6.42 Å². The van der Waals surface area contributed by atoms with Gasteiger partial charge in [-0.05, 0) is 92.4 Å². The van der Waals surface area contributed by atoms with E-state index >= 15 is 0 Å². The van der Waals surface area contributed by atoms with Crippen LogP contribution in [0, 0.1) is 28.6 Å². The first-order valence-corrected chi connectivity index (χ1v) is 15.4. The van der Waals surface area contributed by atoms with E-state index in [-0.39, 0.29) is 35.4 Å². The number of piperidine rings is 1. The van der Waals surface area contributed by atoms with Gasteiger partial charge in [0.1, 0.15) is 11.9 Å². The fourth-order valence-corrected chi connectivity index (χ4v) is 8.92. The predicted octanol–water partition coefficient (Wildman–Crippen LogP) is 5.78. The average molecular weight is 566 g/mol. The molecule has 3 saturated carbocycles. The molecule has 1 saturated heterocycles. The zero-order valence-electron chi connectivity index (χ0n) is 22.7. The van der Waals surface area contributed by atoms with Gasteiger partial charge in [0.15, 0.2) is 6.61 Å². The van der Waals surface area contributed by atoms with Crippen LogP contribution in [0.3, 0.4) is 0 Å². The predicted molar refractivity (Wildman–Crippen MR) is 151 cm³/mol. The molecular formula is C30H42Cl2N2O4. The highest BCUT2D eigenvalue weighted by Crippen LogP contribution is 2.64. The summed E-state index contributed by atoms with van der Waals surface area (Å²) in [7, 11) is 0. The minimum Gasteiger partial charge on any atom is -0.482 e. The van der Waals surface area contributed by atoms with Gasteiger partial charge in [0.05, 0.1) is 0 Å². The average Bonchev–Trinajstić information content (AvgIpc) is 3.24. The number of amides is 1. The molecule has 7 atom stereocenters. The standard InChI is InChI=1S/C30H42Cl2N2O4/c1-29-14-12-27(35)33-25(29)9-7-22-23-8-10-26(30(23,2)13-11-24(22)29)38-28(36)19-37-21-5-3-20(4-6-21)34(17-15-31)18-16-32/h3-6,22-26H,7-19H2,1-2H3,(H,33,35)/t22-,23-,24-,25+,26-,29+,30-/m0/s1. The van der Waals surface area contributed by atoms with Gasteiger partial charge < -0.3 is 19.7 Å². The van der Waals surface area contributed by atoms with Crippen LogP contribution in [0.4, 0.5) is 5.69 Å². The highest BCUT2D eigenvalue weighted by atomic mass is 35.5. The van der Waals surface area contributed by atoms with Crippen molar-refractivity contribution in [3.05, 3.63) is 24.3 Å². The van der Waals surface area contributed by atoms with E-state index in [0.717, 1.165) is 57.3 Å². The van der Waals surface area contributed by atoms with Crippen molar-refractivity contribution in [3.8, 4) is 5.75 Å². The Kier molecular flexibility index (Phi) is 8.40. The fraction of sp³-hybridized carbons (Fsp3) is 0.733. The van der Waals surface area contributed by atoms with E-state index in [1.807, 2.05) is 24.3 Å². The van der Waals surface area contributed by atoms with Gasteiger partial charge in [-0.1, -0.05) is 13.8 Å². The van der Waals surface area contributed by atoms with Gasteiger partial charge in [-0.2, -0.15) is 0 Å². The Labute approximate surface area is 237 Å². The number of nitrogens with zero attached hydrogens (tertiary/aromatic N) is 1. The lowest BCUT2D eigenvalue weighted by Crippen LogP contribution is -2.61. The molecule has 8 heteroatoms. The molecule has 1 amide bonds. The summed E-state index contributed by atoms with van der Waals surface area (Å²) in [6, 6.07) is 7.99. The van der Waals surface area contributed by atoms with Gasteiger partial charge in [0.25, 0.3) is 0 Å². The lowest BCUT2D eigenvalue weighted by Gasteiger charge is -2.60. The number of esters is 1. The Morgan fingerprint density at radius 3 is 2.39 bits per heavy atom. The highest BCUT2D eigenvalue weighted by Gasteiger charge is 2.61. The molecule has 0 unspecified atom stereocenters. The highest BCUT2D eigenvalue weighted by molar-refractivity contribution is 6.18. The molecule has 6 nitrogen and oxygen atoms in total.